The van der Waals surface area contributed by atoms with Crippen LogP contribution in [0.2, 0.25) is 0 Å². The summed E-state index contributed by atoms with van der Waals surface area (Å²) in [6.45, 7) is 1.43. The number of benzene rings is 2. The van der Waals surface area contributed by atoms with Gasteiger partial charge in [0.05, 0.1) is 7.11 Å². The number of hydrogen-bond acceptors (Lipinski definition) is 3. The number of nitrogens with one attached hydrogen (secondary N) is 2. The van der Waals surface area contributed by atoms with Gasteiger partial charge in [-0.05, 0) is 67.1 Å². The van der Waals surface area contributed by atoms with Crippen LogP contribution < -0.4 is 15.4 Å². The molecule has 1 fully saturated rings. The highest BCUT2D eigenvalue weighted by molar-refractivity contribution is 5.89. The van der Waals surface area contributed by atoms with Gasteiger partial charge in [-0.3, -0.25) is 4.79 Å². The molecular formula is C23H27F2N3O3. The van der Waals surface area contributed by atoms with E-state index < -0.39 is 11.6 Å². The maximum atomic E-state index is 13.2. The predicted molar refractivity (Wildman–Crippen MR) is 114 cm³/mol. The molecule has 2 aromatic carbocycles. The van der Waals surface area contributed by atoms with Gasteiger partial charge >= 0.3 is 6.03 Å². The van der Waals surface area contributed by atoms with Gasteiger partial charge in [0.15, 0.2) is 11.6 Å². The number of nitrogens with zero attached hydrogens (tertiary/aromatic N) is 1. The molecule has 3 amide bonds. The first-order chi connectivity index (χ1) is 14.9. The van der Waals surface area contributed by atoms with Crippen LogP contribution in [0.1, 0.15) is 31.2 Å². The Bertz CT molecular complexity index is 905. The van der Waals surface area contributed by atoms with Gasteiger partial charge in [-0.25, -0.2) is 13.6 Å². The number of hydrogen-bond donors (Lipinski definition) is 2. The van der Waals surface area contributed by atoms with Crippen LogP contribution in [-0.2, 0) is 11.3 Å². The number of piperidine rings is 1. The molecule has 1 unspecified atom stereocenters. The van der Waals surface area contributed by atoms with Crippen LogP contribution in [0.4, 0.5) is 19.3 Å². The average molecular weight is 431 g/mol. The number of methoxy groups -OCH3 is 1. The van der Waals surface area contributed by atoms with E-state index in [1.54, 1.807) is 36.3 Å². The van der Waals surface area contributed by atoms with Crippen molar-refractivity contribution in [2.24, 2.45) is 5.92 Å². The Balaban J connectivity index is 1.41. The lowest BCUT2D eigenvalue weighted by Crippen LogP contribution is -2.42. The Hall–Kier alpha value is -3.16. The van der Waals surface area contributed by atoms with E-state index in [2.05, 4.69) is 10.6 Å². The molecule has 1 atom stereocenters. The lowest BCUT2D eigenvalue weighted by molar-refractivity contribution is -0.121. The molecule has 0 radical (unpaired) electrons. The van der Waals surface area contributed by atoms with Gasteiger partial charge < -0.3 is 20.3 Å². The summed E-state index contributed by atoms with van der Waals surface area (Å²) in [6.07, 6.45) is 2.83. The third-order valence-electron chi connectivity index (χ3n) is 5.40. The Labute approximate surface area is 180 Å². The number of anilines is 1. The second-order valence-corrected chi connectivity index (χ2v) is 7.68. The number of likely N-dealkylation sites (tertiary alicyclic amines) is 1. The summed E-state index contributed by atoms with van der Waals surface area (Å²) >= 11 is 0. The van der Waals surface area contributed by atoms with Crippen molar-refractivity contribution >= 4 is 17.6 Å². The smallest absolute Gasteiger partial charge is 0.321 e. The Morgan fingerprint density at radius 1 is 1.13 bits per heavy atom. The van der Waals surface area contributed by atoms with E-state index in [1.165, 1.54) is 6.07 Å². The average Bonchev–Trinajstić information content (AvgIpc) is 2.79. The van der Waals surface area contributed by atoms with Crippen molar-refractivity contribution in [1.29, 1.82) is 0 Å². The lowest BCUT2D eigenvalue weighted by atomic mass is 9.93. The van der Waals surface area contributed by atoms with Crippen molar-refractivity contribution in [3.63, 3.8) is 0 Å². The van der Waals surface area contributed by atoms with E-state index in [0.29, 0.717) is 37.2 Å². The first kappa shape index (κ1) is 22.5. The van der Waals surface area contributed by atoms with Crippen LogP contribution in [-0.4, -0.2) is 37.0 Å². The zero-order valence-corrected chi connectivity index (χ0v) is 17.5. The molecule has 1 heterocycles. The zero-order valence-electron chi connectivity index (χ0n) is 17.5. The van der Waals surface area contributed by atoms with Gasteiger partial charge in [-0.15, -0.1) is 0 Å². The van der Waals surface area contributed by atoms with Crippen molar-refractivity contribution in [1.82, 2.24) is 10.2 Å². The fourth-order valence-corrected chi connectivity index (χ4v) is 3.64. The van der Waals surface area contributed by atoms with Crippen molar-refractivity contribution in [3.8, 4) is 5.75 Å². The number of ether oxygens (including phenoxy) is 1. The molecule has 0 spiro atoms. The standard InChI is InChI=1S/C23H27F2N3O3/c1-31-19-8-6-18(7-9-19)27-23(30)28-12-2-3-16(15-28)5-11-22(29)26-14-17-4-10-20(24)21(25)13-17/h4,6-10,13,16H,2-3,5,11-12,14-15H2,1H3,(H,26,29)(H,27,30). The molecule has 8 heteroatoms. The monoisotopic (exact) mass is 431 g/mol. The molecule has 6 nitrogen and oxygen atoms in total. The molecule has 1 saturated heterocycles. The van der Waals surface area contributed by atoms with Gasteiger partial charge in [-0.2, -0.15) is 0 Å². The maximum Gasteiger partial charge on any atom is 0.321 e. The molecular weight excluding hydrogens is 404 g/mol. The number of amides is 3. The summed E-state index contributed by atoms with van der Waals surface area (Å²) in [6, 6.07) is 10.6. The predicted octanol–water partition coefficient (Wildman–Crippen LogP) is 4.31. The Morgan fingerprint density at radius 3 is 2.61 bits per heavy atom. The van der Waals surface area contributed by atoms with E-state index in [-0.39, 0.29) is 24.4 Å². The first-order valence-electron chi connectivity index (χ1n) is 10.3. The number of carbonyl (C=O) groups is 2. The van der Waals surface area contributed by atoms with Gasteiger partial charge in [0, 0.05) is 31.7 Å². The van der Waals surface area contributed by atoms with Crippen LogP contribution in [0.15, 0.2) is 42.5 Å². The highest BCUT2D eigenvalue weighted by Gasteiger charge is 2.24. The third kappa shape index (κ3) is 6.67. The highest BCUT2D eigenvalue weighted by atomic mass is 19.2. The number of rotatable bonds is 7. The van der Waals surface area contributed by atoms with Crippen LogP contribution >= 0.6 is 0 Å². The van der Waals surface area contributed by atoms with E-state index >= 15 is 0 Å². The number of urea groups is 1. The molecule has 0 bridgehead atoms. The van der Waals surface area contributed by atoms with Crippen molar-refractivity contribution < 1.29 is 23.1 Å². The SMILES string of the molecule is COc1ccc(NC(=O)N2CCCC(CCC(=O)NCc3ccc(F)c(F)c3)C2)cc1. The summed E-state index contributed by atoms with van der Waals surface area (Å²) in [7, 11) is 1.59. The minimum atomic E-state index is -0.929. The number of carbonyl (C=O) groups excluding carboxylic acids is 2. The molecule has 31 heavy (non-hydrogen) atoms. The maximum absolute atomic E-state index is 13.2. The lowest BCUT2D eigenvalue weighted by Gasteiger charge is -2.32. The minimum absolute atomic E-state index is 0.149. The summed E-state index contributed by atoms with van der Waals surface area (Å²) in [5.41, 5.74) is 1.20. The summed E-state index contributed by atoms with van der Waals surface area (Å²) < 4.78 is 31.3. The van der Waals surface area contributed by atoms with Crippen LogP contribution in [0, 0.1) is 17.6 Å². The molecule has 166 valence electrons. The molecule has 1 aliphatic heterocycles. The zero-order chi connectivity index (χ0) is 22.2. The Morgan fingerprint density at radius 2 is 1.90 bits per heavy atom. The summed E-state index contributed by atoms with van der Waals surface area (Å²) in [5.74, 6) is -1.03. The fourth-order valence-electron chi connectivity index (χ4n) is 3.64. The van der Waals surface area contributed by atoms with Crippen LogP contribution in [0.5, 0.6) is 5.75 Å². The van der Waals surface area contributed by atoms with Crippen molar-refractivity contribution in [2.75, 3.05) is 25.5 Å². The first-order valence-corrected chi connectivity index (χ1v) is 10.3. The summed E-state index contributed by atoms with van der Waals surface area (Å²) in [4.78, 5) is 26.5. The second-order valence-electron chi connectivity index (χ2n) is 7.68. The van der Waals surface area contributed by atoms with Gasteiger partial charge in [0.25, 0.3) is 0 Å². The van der Waals surface area contributed by atoms with E-state index in [0.717, 1.165) is 30.7 Å². The molecule has 0 aliphatic carbocycles. The molecule has 0 saturated carbocycles. The molecule has 1 aliphatic rings. The Kier molecular flexibility index (Phi) is 7.81. The van der Waals surface area contributed by atoms with Gasteiger partial charge in [-0.1, -0.05) is 6.07 Å². The normalized spacial score (nSPS) is 16.0. The highest BCUT2D eigenvalue weighted by Crippen LogP contribution is 2.22. The quantitative estimate of drug-likeness (QED) is 0.686. The third-order valence-corrected chi connectivity index (χ3v) is 5.40. The molecule has 0 aromatic heterocycles. The largest absolute Gasteiger partial charge is 0.497 e. The van der Waals surface area contributed by atoms with Crippen molar-refractivity contribution in [3.05, 3.63) is 59.7 Å². The van der Waals surface area contributed by atoms with E-state index in [4.69, 9.17) is 4.74 Å². The van der Waals surface area contributed by atoms with Crippen LogP contribution in [0.3, 0.4) is 0 Å². The van der Waals surface area contributed by atoms with Gasteiger partial charge in [0.2, 0.25) is 5.91 Å². The molecule has 2 N–H and O–H groups in total. The van der Waals surface area contributed by atoms with E-state index in [9.17, 15) is 18.4 Å². The minimum Gasteiger partial charge on any atom is -0.497 e. The number of halogens is 2. The van der Waals surface area contributed by atoms with Crippen LogP contribution in [0.25, 0.3) is 0 Å². The topological polar surface area (TPSA) is 70.7 Å². The molecule has 2 aromatic rings. The molecule has 3 rings (SSSR count). The summed E-state index contributed by atoms with van der Waals surface area (Å²) in [5, 5.41) is 5.62. The second kappa shape index (κ2) is 10.7. The fraction of sp³-hybridized carbons (Fsp3) is 0.391. The van der Waals surface area contributed by atoms with E-state index in [1.807, 2.05) is 0 Å². The van der Waals surface area contributed by atoms with Crippen molar-refractivity contribution in [2.45, 2.75) is 32.2 Å². The van der Waals surface area contributed by atoms with Gasteiger partial charge in [0.1, 0.15) is 5.75 Å².